The van der Waals surface area contributed by atoms with E-state index in [4.69, 9.17) is 13.7 Å². The summed E-state index contributed by atoms with van der Waals surface area (Å²) in [5, 5.41) is 3.34. The Kier molecular flexibility index (Phi) is 6.24. The number of carbonyl (C=O) groups excluding carboxylic acids is 1. The highest BCUT2D eigenvalue weighted by Crippen LogP contribution is 2.38. The Morgan fingerprint density at radius 2 is 1.70 bits per heavy atom. The predicted molar refractivity (Wildman–Crippen MR) is 114 cm³/mol. The largest absolute Gasteiger partial charge is 0.497 e. The first kappa shape index (κ1) is 21.7. The first-order valence-electron chi connectivity index (χ1n) is 9.13. The third-order valence-corrected chi connectivity index (χ3v) is 5.27. The summed E-state index contributed by atoms with van der Waals surface area (Å²) in [7, 11) is 2.85. The molecular weight excluding hydrogens is 363 g/mol. The summed E-state index contributed by atoms with van der Waals surface area (Å²) in [6.45, 7) is 12.0. The van der Waals surface area contributed by atoms with E-state index in [1.807, 2.05) is 60.7 Å². The highest BCUT2D eigenvalue weighted by atomic mass is 32.1. The Bertz CT molecular complexity index is 816. The topological polar surface area (TPSA) is 63.9 Å². The quantitative estimate of drug-likeness (QED) is 0.619. The van der Waals surface area contributed by atoms with Crippen LogP contribution in [0.25, 0.3) is 11.0 Å². The number of furan rings is 1. The lowest BCUT2D eigenvalue weighted by Crippen LogP contribution is -2.41. The molecule has 1 aromatic carbocycles. The van der Waals surface area contributed by atoms with Crippen LogP contribution < -0.4 is 15.1 Å². The summed E-state index contributed by atoms with van der Waals surface area (Å²) in [4.78, 5) is 12.1. The minimum atomic E-state index is -0.563. The SMILES string of the molecule is CC.CNC(=O)c1coc2cc(N(C)S)c(B3OC(C)(C)C(C)(C)O3)cc12. The van der Waals surface area contributed by atoms with Crippen molar-refractivity contribution >= 4 is 48.0 Å². The van der Waals surface area contributed by atoms with Crippen LogP contribution in [0.15, 0.2) is 22.8 Å². The molecule has 1 N–H and O–H groups in total. The molecule has 1 aliphatic heterocycles. The molecule has 2 aromatic rings. The van der Waals surface area contributed by atoms with Crippen LogP contribution in [0.4, 0.5) is 5.69 Å². The number of fused-ring (bicyclic) bond motifs is 1. The molecule has 2 heterocycles. The number of nitrogens with one attached hydrogen (secondary N) is 1. The van der Waals surface area contributed by atoms with E-state index < -0.39 is 18.3 Å². The van der Waals surface area contributed by atoms with Gasteiger partial charge in [0.25, 0.3) is 5.91 Å². The zero-order chi connectivity index (χ0) is 20.6. The van der Waals surface area contributed by atoms with Crippen molar-refractivity contribution in [2.24, 2.45) is 0 Å². The molecule has 6 nitrogen and oxygen atoms in total. The third kappa shape index (κ3) is 3.84. The van der Waals surface area contributed by atoms with Gasteiger partial charge in [-0.1, -0.05) is 26.7 Å². The monoisotopic (exact) mass is 392 g/mol. The fraction of sp³-hybridized carbons (Fsp3) is 0.526. The molecule has 0 saturated carbocycles. The predicted octanol–water partition coefficient (Wildman–Crippen LogP) is 3.40. The van der Waals surface area contributed by atoms with Crippen molar-refractivity contribution in [1.29, 1.82) is 0 Å². The first-order chi connectivity index (χ1) is 12.6. The van der Waals surface area contributed by atoms with Crippen molar-refractivity contribution in [3.63, 3.8) is 0 Å². The van der Waals surface area contributed by atoms with Crippen LogP contribution in [0.5, 0.6) is 0 Å². The van der Waals surface area contributed by atoms with Gasteiger partial charge in [0.15, 0.2) is 0 Å². The summed E-state index contributed by atoms with van der Waals surface area (Å²) in [5.41, 5.74) is 1.76. The van der Waals surface area contributed by atoms with Crippen molar-refractivity contribution in [3.05, 3.63) is 24.0 Å². The van der Waals surface area contributed by atoms with Crippen LogP contribution in [0.1, 0.15) is 51.9 Å². The molecule has 0 aliphatic carbocycles. The van der Waals surface area contributed by atoms with E-state index in [9.17, 15) is 4.79 Å². The van der Waals surface area contributed by atoms with Gasteiger partial charge in [0.1, 0.15) is 11.8 Å². The van der Waals surface area contributed by atoms with Gasteiger partial charge in [-0.15, -0.1) is 0 Å². The summed E-state index contributed by atoms with van der Waals surface area (Å²) >= 11 is 4.43. The number of nitrogens with zero attached hydrogens (tertiary/aromatic N) is 1. The Labute approximate surface area is 167 Å². The second kappa shape index (κ2) is 7.77. The number of hydrogen-bond donors (Lipinski definition) is 2. The molecule has 3 rings (SSSR count). The lowest BCUT2D eigenvalue weighted by atomic mass is 9.77. The third-order valence-electron chi connectivity index (χ3n) is 5.05. The maximum Gasteiger partial charge on any atom is 0.497 e. The van der Waals surface area contributed by atoms with Gasteiger partial charge in [-0.2, -0.15) is 0 Å². The summed E-state index contributed by atoms with van der Waals surface area (Å²) in [6.07, 6.45) is 1.46. The van der Waals surface area contributed by atoms with Crippen LogP contribution in [-0.2, 0) is 9.31 Å². The molecule has 1 amide bonds. The van der Waals surface area contributed by atoms with Crippen LogP contribution >= 0.6 is 12.8 Å². The van der Waals surface area contributed by atoms with Crippen molar-refractivity contribution < 1.29 is 18.5 Å². The molecule has 1 fully saturated rings. The summed E-state index contributed by atoms with van der Waals surface area (Å²) in [6, 6.07) is 3.72. The molecule has 1 aromatic heterocycles. The van der Waals surface area contributed by atoms with Gasteiger partial charge in [0, 0.05) is 36.7 Å². The fourth-order valence-electron chi connectivity index (χ4n) is 2.83. The minimum absolute atomic E-state index is 0.203. The molecule has 27 heavy (non-hydrogen) atoms. The Morgan fingerprint density at radius 3 is 2.19 bits per heavy atom. The molecule has 0 spiro atoms. The number of anilines is 1. The molecule has 148 valence electrons. The maximum absolute atomic E-state index is 12.1. The zero-order valence-electron chi connectivity index (χ0n) is 17.3. The number of rotatable bonds is 3. The molecule has 0 atom stereocenters. The van der Waals surface area contributed by atoms with E-state index in [1.54, 1.807) is 11.4 Å². The van der Waals surface area contributed by atoms with Crippen molar-refractivity contribution in [1.82, 2.24) is 5.32 Å². The molecular formula is C19H29BN2O4S. The second-order valence-corrected chi connectivity index (χ2v) is 7.85. The smallest absolute Gasteiger partial charge is 0.463 e. The Balaban J connectivity index is 0.00000126. The fourth-order valence-corrected chi connectivity index (χ4v) is 3.00. The first-order valence-corrected chi connectivity index (χ1v) is 9.53. The Hall–Kier alpha value is -1.64. The van der Waals surface area contributed by atoms with Gasteiger partial charge in [-0.05, 0) is 33.8 Å². The number of benzene rings is 1. The summed E-state index contributed by atoms with van der Waals surface area (Å²) < 4.78 is 19.6. The normalized spacial score (nSPS) is 17.4. The van der Waals surface area contributed by atoms with Gasteiger partial charge in [-0.25, -0.2) is 0 Å². The molecule has 0 radical (unpaired) electrons. The highest BCUT2D eigenvalue weighted by Gasteiger charge is 2.52. The maximum atomic E-state index is 12.1. The minimum Gasteiger partial charge on any atom is -0.463 e. The molecule has 0 unspecified atom stereocenters. The number of amides is 1. The van der Waals surface area contributed by atoms with E-state index in [-0.39, 0.29) is 5.91 Å². The number of thiol groups is 1. The highest BCUT2D eigenvalue weighted by molar-refractivity contribution is 7.81. The number of carbonyl (C=O) groups is 1. The van der Waals surface area contributed by atoms with Crippen molar-refractivity contribution in [2.45, 2.75) is 52.7 Å². The lowest BCUT2D eigenvalue weighted by molar-refractivity contribution is 0.00578. The second-order valence-electron chi connectivity index (χ2n) is 7.25. The van der Waals surface area contributed by atoms with E-state index >= 15 is 0 Å². The van der Waals surface area contributed by atoms with Crippen molar-refractivity contribution in [2.75, 3.05) is 18.4 Å². The van der Waals surface area contributed by atoms with Crippen LogP contribution in [0.3, 0.4) is 0 Å². The standard InChI is InChI=1S/C17H23BN2O4S.C2H6/c1-16(2)17(3,4)24-18(23-16)12-7-10-11(15(21)19-5)9-22-14(10)8-13(12)20(6)25;1-2/h7-9,25H,1-6H3,(H,19,21);1-2H3. The van der Waals surface area contributed by atoms with Gasteiger partial charge < -0.3 is 23.3 Å². The molecule has 0 bridgehead atoms. The summed E-state index contributed by atoms with van der Waals surface area (Å²) in [5.74, 6) is -0.203. The van der Waals surface area contributed by atoms with Crippen LogP contribution in [0.2, 0.25) is 0 Å². The van der Waals surface area contributed by atoms with Gasteiger partial charge in [0.05, 0.1) is 16.8 Å². The van der Waals surface area contributed by atoms with Crippen molar-refractivity contribution in [3.8, 4) is 0 Å². The van der Waals surface area contributed by atoms with E-state index in [0.717, 1.165) is 11.2 Å². The van der Waals surface area contributed by atoms with Crippen LogP contribution in [-0.4, -0.2) is 38.3 Å². The number of hydrogen-bond acceptors (Lipinski definition) is 6. The average Bonchev–Trinajstić information content (AvgIpc) is 3.12. The molecule has 8 heteroatoms. The lowest BCUT2D eigenvalue weighted by Gasteiger charge is -2.32. The Morgan fingerprint density at radius 1 is 1.15 bits per heavy atom. The van der Waals surface area contributed by atoms with E-state index in [0.29, 0.717) is 16.5 Å². The van der Waals surface area contributed by atoms with E-state index in [1.165, 1.54) is 6.26 Å². The van der Waals surface area contributed by atoms with Gasteiger partial charge >= 0.3 is 7.12 Å². The van der Waals surface area contributed by atoms with Crippen LogP contribution in [0, 0.1) is 0 Å². The van der Waals surface area contributed by atoms with E-state index in [2.05, 4.69) is 18.1 Å². The van der Waals surface area contributed by atoms with Gasteiger partial charge in [0.2, 0.25) is 0 Å². The average molecular weight is 392 g/mol. The molecule has 1 saturated heterocycles. The zero-order valence-corrected chi connectivity index (χ0v) is 18.2. The van der Waals surface area contributed by atoms with Gasteiger partial charge in [-0.3, -0.25) is 4.79 Å². The molecule has 1 aliphatic rings.